The fourth-order valence-corrected chi connectivity index (χ4v) is 1.71. The van der Waals surface area contributed by atoms with Gasteiger partial charge in [0.2, 0.25) is 0 Å². The summed E-state index contributed by atoms with van der Waals surface area (Å²) in [6.07, 6.45) is 6.70. The summed E-state index contributed by atoms with van der Waals surface area (Å²) in [7, 11) is 0. The second-order valence-electron chi connectivity index (χ2n) is 3.25. The number of carbonyl (C=O) groups is 1. The smallest absolute Gasteiger partial charge is 0.251 e. The summed E-state index contributed by atoms with van der Waals surface area (Å²) >= 11 is 1.61. The number of amides is 1. The largest absolute Gasteiger partial charge is 0.351 e. The van der Waals surface area contributed by atoms with E-state index < -0.39 is 0 Å². The Labute approximate surface area is 105 Å². The number of nitrogens with one attached hydrogen (secondary N) is 1. The molecule has 0 spiro atoms. The first kappa shape index (κ1) is 13.6. The number of hydrogen-bond donors (Lipinski definition) is 2. The molecule has 0 radical (unpaired) electrons. The number of aromatic nitrogens is 1. The summed E-state index contributed by atoms with van der Waals surface area (Å²) < 4.78 is 0. The molecule has 0 saturated heterocycles. The minimum Gasteiger partial charge on any atom is -0.351 e. The van der Waals surface area contributed by atoms with Crippen molar-refractivity contribution in [2.24, 2.45) is 5.73 Å². The van der Waals surface area contributed by atoms with Crippen LogP contribution >= 0.6 is 11.8 Å². The van der Waals surface area contributed by atoms with Crippen LogP contribution in [0.15, 0.2) is 18.3 Å². The molecular formula is C12H15N3OS. The molecule has 3 N–H and O–H groups in total. The van der Waals surface area contributed by atoms with Crippen LogP contribution in [0.1, 0.15) is 16.1 Å². The average molecular weight is 249 g/mol. The van der Waals surface area contributed by atoms with Crippen molar-refractivity contribution < 1.29 is 4.79 Å². The molecule has 90 valence electrons. The van der Waals surface area contributed by atoms with Gasteiger partial charge < -0.3 is 11.1 Å². The van der Waals surface area contributed by atoms with Gasteiger partial charge in [0, 0.05) is 30.6 Å². The van der Waals surface area contributed by atoms with Gasteiger partial charge in [-0.1, -0.05) is 5.92 Å². The van der Waals surface area contributed by atoms with Gasteiger partial charge in [-0.25, -0.2) is 0 Å². The first-order valence-electron chi connectivity index (χ1n) is 5.22. The summed E-state index contributed by atoms with van der Waals surface area (Å²) in [4.78, 5) is 15.7. The highest BCUT2D eigenvalue weighted by Gasteiger charge is 2.05. The Morgan fingerprint density at radius 1 is 1.65 bits per heavy atom. The quantitative estimate of drug-likeness (QED) is 0.573. The minimum atomic E-state index is -0.108. The Morgan fingerprint density at radius 2 is 2.47 bits per heavy atom. The zero-order valence-corrected chi connectivity index (χ0v) is 10.3. The average Bonchev–Trinajstić information content (AvgIpc) is 2.38. The number of carbonyl (C=O) groups excluding carboxylic acids is 1. The molecule has 1 heterocycles. The molecule has 0 fully saturated rings. The standard InChI is InChI=1S/C12H15N3OS/c1-2-6-17-7-5-15-12(16)10-3-4-14-11(8-10)9-13/h1,3-4,8H,5-7,9,13H2,(H,15,16). The van der Waals surface area contributed by atoms with Crippen LogP contribution in [0.2, 0.25) is 0 Å². The van der Waals surface area contributed by atoms with Crippen molar-refractivity contribution in [1.82, 2.24) is 10.3 Å². The van der Waals surface area contributed by atoms with Crippen LogP contribution in [0, 0.1) is 12.3 Å². The van der Waals surface area contributed by atoms with Crippen molar-refractivity contribution >= 4 is 17.7 Å². The van der Waals surface area contributed by atoms with Gasteiger partial charge in [-0.2, -0.15) is 0 Å². The summed E-state index contributed by atoms with van der Waals surface area (Å²) in [6, 6.07) is 3.37. The Morgan fingerprint density at radius 3 is 3.18 bits per heavy atom. The van der Waals surface area contributed by atoms with Crippen LogP contribution in [0.3, 0.4) is 0 Å². The number of nitrogens with zero attached hydrogens (tertiary/aromatic N) is 1. The first-order valence-corrected chi connectivity index (χ1v) is 6.37. The van der Waals surface area contributed by atoms with Crippen molar-refractivity contribution in [2.45, 2.75) is 6.54 Å². The van der Waals surface area contributed by atoms with E-state index in [2.05, 4.69) is 16.2 Å². The lowest BCUT2D eigenvalue weighted by atomic mass is 10.2. The Bertz CT molecular complexity index is 414. The van der Waals surface area contributed by atoms with Crippen molar-refractivity contribution in [2.75, 3.05) is 18.1 Å². The maximum Gasteiger partial charge on any atom is 0.251 e. The van der Waals surface area contributed by atoms with Gasteiger partial charge in [0.15, 0.2) is 0 Å². The van der Waals surface area contributed by atoms with E-state index in [1.807, 2.05) is 0 Å². The molecule has 0 bridgehead atoms. The van der Waals surface area contributed by atoms with Gasteiger partial charge in [-0.15, -0.1) is 18.2 Å². The number of thioether (sulfide) groups is 1. The molecule has 0 aliphatic rings. The number of rotatable bonds is 6. The molecule has 0 saturated carbocycles. The maximum absolute atomic E-state index is 11.7. The van der Waals surface area contributed by atoms with Crippen LogP contribution in [0.4, 0.5) is 0 Å². The molecule has 4 nitrogen and oxygen atoms in total. The van der Waals surface area contributed by atoms with Gasteiger partial charge in [-0.05, 0) is 12.1 Å². The topological polar surface area (TPSA) is 68.0 Å². The van der Waals surface area contributed by atoms with E-state index in [4.69, 9.17) is 12.2 Å². The second-order valence-corrected chi connectivity index (χ2v) is 4.36. The molecular weight excluding hydrogens is 234 g/mol. The lowest BCUT2D eigenvalue weighted by Crippen LogP contribution is -2.26. The highest BCUT2D eigenvalue weighted by molar-refractivity contribution is 7.99. The van der Waals surface area contributed by atoms with Crippen molar-refractivity contribution in [3.8, 4) is 12.3 Å². The Balaban J connectivity index is 2.39. The lowest BCUT2D eigenvalue weighted by molar-refractivity contribution is 0.0956. The molecule has 0 aliphatic heterocycles. The molecule has 0 aliphatic carbocycles. The van der Waals surface area contributed by atoms with Crippen molar-refractivity contribution in [3.05, 3.63) is 29.6 Å². The number of nitrogens with two attached hydrogens (primary N) is 1. The van der Waals surface area contributed by atoms with Gasteiger partial charge >= 0.3 is 0 Å². The van der Waals surface area contributed by atoms with E-state index in [0.29, 0.717) is 30.1 Å². The Hall–Kier alpha value is -1.51. The monoisotopic (exact) mass is 249 g/mol. The van der Waals surface area contributed by atoms with Crippen molar-refractivity contribution in [3.63, 3.8) is 0 Å². The zero-order chi connectivity index (χ0) is 12.5. The van der Waals surface area contributed by atoms with E-state index in [1.54, 1.807) is 30.1 Å². The maximum atomic E-state index is 11.7. The van der Waals surface area contributed by atoms with E-state index in [-0.39, 0.29) is 5.91 Å². The molecule has 5 heteroatoms. The molecule has 0 unspecified atom stereocenters. The number of hydrogen-bond acceptors (Lipinski definition) is 4. The van der Waals surface area contributed by atoms with Crippen LogP contribution in [0.25, 0.3) is 0 Å². The van der Waals surface area contributed by atoms with Crippen LogP contribution < -0.4 is 11.1 Å². The van der Waals surface area contributed by atoms with E-state index in [9.17, 15) is 4.79 Å². The fourth-order valence-electron chi connectivity index (χ4n) is 1.20. The molecule has 0 atom stereocenters. The zero-order valence-electron chi connectivity index (χ0n) is 9.48. The summed E-state index contributed by atoms with van der Waals surface area (Å²) in [5.41, 5.74) is 6.75. The van der Waals surface area contributed by atoms with Crippen LogP contribution in [-0.4, -0.2) is 28.9 Å². The third-order valence-corrected chi connectivity index (χ3v) is 2.87. The summed E-state index contributed by atoms with van der Waals surface area (Å²) in [5.74, 6) is 3.90. The predicted octanol–water partition coefficient (Wildman–Crippen LogP) is 0.637. The molecule has 0 aromatic carbocycles. The second kappa shape index (κ2) is 7.71. The van der Waals surface area contributed by atoms with E-state index >= 15 is 0 Å². The van der Waals surface area contributed by atoms with Crippen molar-refractivity contribution in [1.29, 1.82) is 0 Å². The van der Waals surface area contributed by atoms with E-state index in [1.165, 1.54) is 0 Å². The predicted molar refractivity (Wildman–Crippen MR) is 70.6 cm³/mol. The van der Waals surface area contributed by atoms with Crippen LogP contribution in [0.5, 0.6) is 0 Å². The van der Waals surface area contributed by atoms with Gasteiger partial charge in [-0.3, -0.25) is 9.78 Å². The van der Waals surface area contributed by atoms with Crippen LogP contribution in [-0.2, 0) is 6.54 Å². The fraction of sp³-hybridized carbons (Fsp3) is 0.333. The highest BCUT2D eigenvalue weighted by atomic mass is 32.2. The normalized spacial score (nSPS) is 9.65. The Kier molecular flexibility index (Phi) is 6.15. The third-order valence-electron chi connectivity index (χ3n) is 2.01. The first-order chi connectivity index (χ1) is 8.27. The number of terminal acetylenes is 1. The van der Waals surface area contributed by atoms with Gasteiger partial charge in [0.1, 0.15) is 0 Å². The highest BCUT2D eigenvalue weighted by Crippen LogP contribution is 2.01. The van der Waals surface area contributed by atoms with E-state index in [0.717, 1.165) is 5.75 Å². The molecule has 1 aromatic rings. The van der Waals surface area contributed by atoms with Gasteiger partial charge in [0.05, 0.1) is 11.4 Å². The molecule has 1 amide bonds. The third kappa shape index (κ3) is 4.89. The SMILES string of the molecule is C#CCSCCNC(=O)c1ccnc(CN)c1. The molecule has 17 heavy (non-hydrogen) atoms. The lowest BCUT2D eigenvalue weighted by Gasteiger charge is -2.05. The van der Waals surface area contributed by atoms with Gasteiger partial charge in [0.25, 0.3) is 5.91 Å². The number of pyridine rings is 1. The molecule has 1 rings (SSSR count). The summed E-state index contributed by atoms with van der Waals surface area (Å²) in [6.45, 7) is 0.935. The summed E-state index contributed by atoms with van der Waals surface area (Å²) in [5, 5.41) is 2.81. The minimum absolute atomic E-state index is 0.108. The molecule has 1 aromatic heterocycles.